The SMILES string of the molecule is CC(=O)O[C@@H]1C[C@@H](OC(C)=O)[C@H](C)O[C@H]1OC[C@]12CC[C@H]3[C@@H](CCC4CCCC[C@@]43C)[C@@H]1CCC2C(=O)O. The van der Waals surface area contributed by atoms with Crippen LogP contribution in [0.25, 0.3) is 0 Å². The van der Waals surface area contributed by atoms with E-state index >= 15 is 0 Å². The zero-order chi connectivity index (χ0) is 27.2. The van der Waals surface area contributed by atoms with E-state index in [4.69, 9.17) is 18.9 Å². The molecule has 8 nitrogen and oxygen atoms in total. The summed E-state index contributed by atoms with van der Waals surface area (Å²) in [6.07, 6.45) is 9.09. The summed E-state index contributed by atoms with van der Waals surface area (Å²) >= 11 is 0. The van der Waals surface area contributed by atoms with E-state index in [1.54, 1.807) is 0 Å². The van der Waals surface area contributed by atoms with Crippen LogP contribution in [-0.2, 0) is 33.3 Å². The third-order valence-corrected chi connectivity index (χ3v) is 11.4. The second-order valence-electron chi connectivity index (χ2n) is 13.2. The zero-order valence-corrected chi connectivity index (χ0v) is 23.5. The normalized spacial score (nSPS) is 46.3. The Morgan fingerprint density at radius 3 is 2.34 bits per heavy atom. The van der Waals surface area contributed by atoms with Crippen molar-refractivity contribution in [1.29, 1.82) is 0 Å². The Bertz CT molecular complexity index is 920. The minimum atomic E-state index is -0.824. The number of rotatable bonds is 6. The van der Waals surface area contributed by atoms with Crippen molar-refractivity contribution in [1.82, 2.24) is 0 Å². The van der Waals surface area contributed by atoms with E-state index in [2.05, 4.69) is 6.92 Å². The van der Waals surface area contributed by atoms with Crippen molar-refractivity contribution in [3.05, 3.63) is 0 Å². The summed E-state index contributed by atoms with van der Waals surface area (Å²) in [5, 5.41) is 10.3. The molecule has 0 aromatic heterocycles. The van der Waals surface area contributed by atoms with Crippen molar-refractivity contribution < 1.29 is 38.4 Å². The lowest BCUT2D eigenvalue weighted by Gasteiger charge is -2.60. The summed E-state index contributed by atoms with van der Waals surface area (Å²) in [6, 6.07) is 0. The van der Waals surface area contributed by atoms with Gasteiger partial charge in [-0.15, -0.1) is 0 Å². The minimum absolute atomic E-state index is 0.283. The van der Waals surface area contributed by atoms with Crippen LogP contribution in [0.15, 0.2) is 0 Å². The molecule has 0 aromatic rings. The smallest absolute Gasteiger partial charge is 0.307 e. The second kappa shape index (κ2) is 10.7. The van der Waals surface area contributed by atoms with Crippen LogP contribution in [0, 0.1) is 40.4 Å². The zero-order valence-electron chi connectivity index (χ0n) is 23.5. The Kier molecular flexibility index (Phi) is 7.86. The van der Waals surface area contributed by atoms with Gasteiger partial charge in [-0.2, -0.15) is 0 Å². The van der Waals surface area contributed by atoms with Crippen molar-refractivity contribution in [3.63, 3.8) is 0 Å². The van der Waals surface area contributed by atoms with Gasteiger partial charge in [-0.25, -0.2) is 0 Å². The predicted octanol–water partition coefficient (Wildman–Crippen LogP) is 5.12. The molecule has 0 aromatic carbocycles. The number of hydrogen-bond donors (Lipinski definition) is 1. The molecule has 5 fully saturated rings. The number of aliphatic carboxylic acids is 1. The van der Waals surface area contributed by atoms with Crippen molar-refractivity contribution in [2.45, 2.75) is 123 Å². The number of fused-ring (bicyclic) bond motifs is 5. The van der Waals surface area contributed by atoms with Crippen LogP contribution in [0.5, 0.6) is 0 Å². The Balaban J connectivity index is 1.36. The molecule has 2 unspecified atom stereocenters. The Hall–Kier alpha value is -1.67. The van der Waals surface area contributed by atoms with Crippen LogP contribution in [0.1, 0.15) is 98.3 Å². The van der Waals surface area contributed by atoms with Gasteiger partial charge in [0.25, 0.3) is 0 Å². The number of carbonyl (C=O) groups is 3. The van der Waals surface area contributed by atoms with E-state index in [1.807, 2.05) is 6.92 Å². The summed E-state index contributed by atoms with van der Waals surface area (Å²) < 4.78 is 23.5. The van der Waals surface area contributed by atoms with E-state index < -0.39 is 53.8 Å². The van der Waals surface area contributed by atoms with E-state index in [-0.39, 0.29) is 13.0 Å². The molecule has 5 aliphatic rings. The molecule has 5 rings (SSSR count). The highest BCUT2D eigenvalue weighted by molar-refractivity contribution is 5.72. The topological polar surface area (TPSA) is 108 Å². The standard InChI is InChI=1S/C30H46O8/c1-17-25(37-18(2)31)15-26(38-19(3)32)28(36-17)35-16-30-14-12-22-21(23(30)10-11-24(30)27(33)34)9-8-20-7-5-6-13-29(20,22)4/h17,20-26,28H,5-16H2,1-4H3,(H,33,34)/t17-,20?,21+,22-,23-,24?,25+,26+,28+,29-,30+/m0/s1. The van der Waals surface area contributed by atoms with Gasteiger partial charge < -0.3 is 24.1 Å². The first-order valence-electron chi connectivity index (χ1n) is 14.9. The fourth-order valence-corrected chi connectivity index (χ4v) is 9.73. The van der Waals surface area contributed by atoms with Crippen LogP contribution >= 0.6 is 0 Å². The largest absolute Gasteiger partial charge is 0.481 e. The molecule has 214 valence electrons. The van der Waals surface area contributed by atoms with Gasteiger partial charge in [-0.05, 0) is 87.4 Å². The quantitative estimate of drug-likeness (QED) is 0.468. The molecule has 0 radical (unpaired) electrons. The van der Waals surface area contributed by atoms with Gasteiger partial charge in [0.15, 0.2) is 12.4 Å². The first-order valence-corrected chi connectivity index (χ1v) is 14.9. The van der Waals surface area contributed by atoms with Crippen LogP contribution in [0.3, 0.4) is 0 Å². The summed E-state index contributed by atoms with van der Waals surface area (Å²) in [4.78, 5) is 36.0. The van der Waals surface area contributed by atoms with Crippen LogP contribution in [-0.4, -0.2) is 54.2 Å². The number of hydrogen-bond acceptors (Lipinski definition) is 7. The molecular formula is C30H46O8. The molecule has 0 spiro atoms. The lowest BCUT2D eigenvalue weighted by Crippen LogP contribution is -2.56. The summed E-state index contributed by atoms with van der Waals surface area (Å²) in [5.41, 5.74) is -0.0610. The lowest BCUT2D eigenvalue weighted by molar-refractivity contribution is -0.281. The first kappa shape index (κ1) is 27.9. The molecule has 38 heavy (non-hydrogen) atoms. The molecule has 1 heterocycles. The maximum Gasteiger partial charge on any atom is 0.307 e. The van der Waals surface area contributed by atoms with Gasteiger partial charge in [-0.1, -0.05) is 19.8 Å². The maximum absolute atomic E-state index is 12.6. The fourth-order valence-electron chi connectivity index (χ4n) is 9.73. The van der Waals surface area contributed by atoms with E-state index in [0.29, 0.717) is 29.6 Å². The summed E-state index contributed by atoms with van der Waals surface area (Å²) in [7, 11) is 0. The maximum atomic E-state index is 12.6. The van der Waals surface area contributed by atoms with Crippen molar-refractivity contribution in [3.8, 4) is 0 Å². The minimum Gasteiger partial charge on any atom is -0.481 e. The van der Waals surface area contributed by atoms with E-state index in [1.165, 1.54) is 52.4 Å². The Labute approximate surface area is 226 Å². The average molecular weight is 535 g/mol. The van der Waals surface area contributed by atoms with Gasteiger partial charge in [0.05, 0.1) is 18.6 Å². The summed E-state index contributed by atoms with van der Waals surface area (Å²) in [5.74, 6) is 0.303. The third-order valence-electron chi connectivity index (χ3n) is 11.4. The van der Waals surface area contributed by atoms with Crippen LogP contribution in [0.2, 0.25) is 0 Å². The highest BCUT2D eigenvalue weighted by Gasteiger charge is 2.63. The first-order chi connectivity index (χ1) is 18.0. The monoisotopic (exact) mass is 534 g/mol. The number of carbonyl (C=O) groups excluding carboxylic acids is 2. The fraction of sp³-hybridized carbons (Fsp3) is 0.900. The van der Waals surface area contributed by atoms with Gasteiger partial charge >= 0.3 is 17.9 Å². The third kappa shape index (κ3) is 4.89. The van der Waals surface area contributed by atoms with Crippen molar-refractivity contribution >= 4 is 17.9 Å². The number of carboxylic acid groups (broad SMARTS) is 1. The van der Waals surface area contributed by atoms with E-state index in [0.717, 1.165) is 25.2 Å². The second-order valence-corrected chi connectivity index (χ2v) is 13.2. The van der Waals surface area contributed by atoms with Gasteiger partial charge in [0.1, 0.15) is 6.10 Å². The number of carboxylic acids is 1. The summed E-state index contributed by atoms with van der Waals surface area (Å²) in [6.45, 7) is 7.32. The molecule has 1 aliphatic heterocycles. The molecule has 11 atom stereocenters. The van der Waals surface area contributed by atoms with Crippen LogP contribution < -0.4 is 0 Å². The van der Waals surface area contributed by atoms with Crippen molar-refractivity contribution in [2.75, 3.05) is 6.61 Å². The van der Waals surface area contributed by atoms with Crippen LogP contribution in [0.4, 0.5) is 0 Å². The molecule has 4 aliphatic carbocycles. The predicted molar refractivity (Wildman–Crippen MR) is 138 cm³/mol. The molecule has 1 saturated heterocycles. The average Bonchev–Trinajstić information content (AvgIpc) is 3.24. The van der Waals surface area contributed by atoms with Gasteiger partial charge in [0.2, 0.25) is 0 Å². The molecule has 8 heteroatoms. The Morgan fingerprint density at radius 2 is 1.63 bits per heavy atom. The van der Waals surface area contributed by atoms with E-state index in [9.17, 15) is 19.5 Å². The van der Waals surface area contributed by atoms with Gasteiger partial charge in [0, 0.05) is 25.7 Å². The lowest BCUT2D eigenvalue weighted by atomic mass is 9.44. The molecule has 4 saturated carbocycles. The number of esters is 2. The Morgan fingerprint density at radius 1 is 0.895 bits per heavy atom. The highest BCUT2D eigenvalue weighted by Crippen LogP contribution is 2.67. The molecule has 1 N–H and O–H groups in total. The van der Waals surface area contributed by atoms with Crippen molar-refractivity contribution in [2.24, 2.45) is 40.4 Å². The molecule has 0 amide bonds. The molecular weight excluding hydrogens is 488 g/mol. The molecule has 0 bridgehead atoms. The highest BCUT2D eigenvalue weighted by atomic mass is 16.7. The van der Waals surface area contributed by atoms with Gasteiger partial charge in [-0.3, -0.25) is 14.4 Å². The number of ether oxygens (including phenoxy) is 4.